The van der Waals surface area contributed by atoms with Crippen LogP contribution < -0.4 is 11.3 Å². The molecular formula is C14H24N2O2. The van der Waals surface area contributed by atoms with Gasteiger partial charge < -0.3 is 9.15 Å². The Balaban J connectivity index is 2.22. The molecule has 0 radical (unpaired) electrons. The Kier molecular flexibility index (Phi) is 4.43. The zero-order valence-electron chi connectivity index (χ0n) is 11.3. The first-order chi connectivity index (χ1) is 8.72. The standard InChI is InChI=1S/C14H24N2O2/c1-3-18-14(8-6-11(2)7-9-14)13(16-15)12-5-4-10-17-12/h4-5,10-11,13,16H,3,6-9,15H2,1-2H3. The van der Waals surface area contributed by atoms with Crippen LogP contribution in [0.15, 0.2) is 22.8 Å². The van der Waals surface area contributed by atoms with Crippen molar-refractivity contribution in [3.05, 3.63) is 24.2 Å². The van der Waals surface area contributed by atoms with Crippen molar-refractivity contribution in [1.82, 2.24) is 5.43 Å². The zero-order chi connectivity index (χ0) is 13.0. The predicted octanol–water partition coefficient (Wildman–Crippen LogP) is 2.77. The molecule has 1 aliphatic carbocycles. The lowest BCUT2D eigenvalue weighted by Crippen LogP contribution is -2.50. The van der Waals surface area contributed by atoms with Crippen molar-refractivity contribution < 1.29 is 9.15 Å². The number of nitrogens with one attached hydrogen (secondary N) is 1. The Bertz CT molecular complexity index is 343. The van der Waals surface area contributed by atoms with Crippen LogP contribution in [0.3, 0.4) is 0 Å². The monoisotopic (exact) mass is 252 g/mol. The second-order valence-electron chi connectivity index (χ2n) is 5.30. The van der Waals surface area contributed by atoms with Crippen LogP contribution in [0.4, 0.5) is 0 Å². The number of hydrazine groups is 1. The molecule has 0 saturated heterocycles. The highest BCUT2D eigenvalue weighted by Gasteiger charge is 2.43. The Labute approximate surface area is 109 Å². The van der Waals surface area contributed by atoms with Gasteiger partial charge in [0.05, 0.1) is 11.9 Å². The third kappa shape index (κ3) is 2.60. The second-order valence-corrected chi connectivity index (χ2v) is 5.30. The van der Waals surface area contributed by atoms with Gasteiger partial charge in [-0.3, -0.25) is 5.84 Å². The van der Waals surface area contributed by atoms with Crippen molar-refractivity contribution >= 4 is 0 Å². The quantitative estimate of drug-likeness (QED) is 0.625. The molecule has 0 aromatic carbocycles. The molecule has 0 aliphatic heterocycles. The average Bonchev–Trinajstić information content (AvgIpc) is 2.88. The van der Waals surface area contributed by atoms with Gasteiger partial charge in [-0.1, -0.05) is 6.92 Å². The predicted molar refractivity (Wildman–Crippen MR) is 70.8 cm³/mol. The lowest BCUT2D eigenvalue weighted by molar-refractivity contribution is -0.101. The van der Waals surface area contributed by atoms with E-state index in [-0.39, 0.29) is 11.6 Å². The molecular weight excluding hydrogens is 228 g/mol. The van der Waals surface area contributed by atoms with Gasteiger partial charge in [-0.25, -0.2) is 5.43 Å². The van der Waals surface area contributed by atoms with E-state index in [0.29, 0.717) is 6.61 Å². The summed E-state index contributed by atoms with van der Waals surface area (Å²) in [6, 6.07) is 3.79. The summed E-state index contributed by atoms with van der Waals surface area (Å²) in [7, 11) is 0. The largest absolute Gasteiger partial charge is 0.468 e. The molecule has 1 aromatic rings. The van der Waals surface area contributed by atoms with E-state index in [9.17, 15) is 0 Å². The van der Waals surface area contributed by atoms with E-state index in [1.54, 1.807) is 6.26 Å². The van der Waals surface area contributed by atoms with Crippen molar-refractivity contribution in [2.45, 2.75) is 51.2 Å². The fourth-order valence-electron chi connectivity index (χ4n) is 3.00. The van der Waals surface area contributed by atoms with Crippen molar-refractivity contribution in [3.63, 3.8) is 0 Å². The molecule has 1 aliphatic rings. The van der Waals surface area contributed by atoms with Crippen LogP contribution in [0.25, 0.3) is 0 Å². The highest BCUT2D eigenvalue weighted by Crippen LogP contribution is 2.43. The van der Waals surface area contributed by atoms with Gasteiger partial charge in [0.25, 0.3) is 0 Å². The smallest absolute Gasteiger partial charge is 0.124 e. The number of ether oxygens (including phenoxy) is 1. The van der Waals surface area contributed by atoms with Crippen molar-refractivity contribution in [2.24, 2.45) is 11.8 Å². The third-order valence-electron chi connectivity index (χ3n) is 4.07. The molecule has 4 nitrogen and oxygen atoms in total. The molecule has 4 heteroatoms. The minimum absolute atomic E-state index is 0.0695. The fourth-order valence-corrected chi connectivity index (χ4v) is 3.00. The maximum Gasteiger partial charge on any atom is 0.124 e. The summed E-state index contributed by atoms with van der Waals surface area (Å²) in [4.78, 5) is 0. The highest BCUT2D eigenvalue weighted by atomic mass is 16.5. The van der Waals surface area contributed by atoms with Crippen LogP contribution >= 0.6 is 0 Å². The molecule has 3 N–H and O–H groups in total. The van der Waals surface area contributed by atoms with E-state index in [2.05, 4.69) is 12.3 Å². The normalized spacial score (nSPS) is 30.3. The Morgan fingerprint density at radius 2 is 2.28 bits per heavy atom. The number of nitrogens with two attached hydrogens (primary N) is 1. The molecule has 18 heavy (non-hydrogen) atoms. The summed E-state index contributed by atoms with van der Waals surface area (Å²) < 4.78 is 11.6. The first-order valence-corrected chi connectivity index (χ1v) is 6.85. The van der Waals surface area contributed by atoms with Gasteiger partial charge in [0.2, 0.25) is 0 Å². The SMILES string of the molecule is CCOC1(C(NN)c2ccco2)CCC(C)CC1. The molecule has 0 amide bonds. The third-order valence-corrected chi connectivity index (χ3v) is 4.07. The van der Waals surface area contributed by atoms with Crippen LogP contribution in [0.1, 0.15) is 51.3 Å². The molecule has 1 fully saturated rings. The van der Waals surface area contributed by atoms with Gasteiger partial charge >= 0.3 is 0 Å². The number of hydrogen-bond donors (Lipinski definition) is 2. The van der Waals surface area contributed by atoms with Gasteiger partial charge in [-0.05, 0) is 50.7 Å². The molecule has 2 rings (SSSR count). The van der Waals surface area contributed by atoms with Crippen molar-refractivity contribution in [1.29, 1.82) is 0 Å². The Hall–Kier alpha value is -0.840. The highest BCUT2D eigenvalue weighted by molar-refractivity contribution is 5.12. The zero-order valence-corrected chi connectivity index (χ0v) is 11.3. The summed E-state index contributed by atoms with van der Waals surface area (Å²) in [6.07, 6.45) is 6.09. The van der Waals surface area contributed by atoms with Crippen molar-refractivity contribution in [3.8, 4) is 0 Å². The molecule has 1 aromatic heterocycles. The first kappa shape index (κ1) is 13.6. The second kappa shape index (κ2) is 5.87. The van der Waals surface area contributed by atoms with Crippen molar-refractivity contribution in [2.75, 3.05) is 6.61 Å². The lowest BCUT2D eigenvalue weighted by Gasteiger charge is -2.43. The minimum atomic E-state index is -0.228. The maximum atomic E-state index is 6.09. The number of rotatable bonds is 5. The molecule has 1 unspecified atom stereocenters. The molecule has 1 atom stereocenters. The van der Waals surface area contributed by atoms with Gasteiger partial charge in [0.15, 0.2) is 0 Å². The molecule has 0 spiro atoms. The van der Waals surface area contributed by atoms with Crippen LogP contribution in [0.2, 0.25) is 0 Å². The van der Waals surface area contributed by atoms with Gasteiger partial charge in [-0.15, -0.1) is 0 Å². The van der Waals surface area contributed by atoms with Gasteiger partial charge in [0, 0.05) is 6.61 Å². The summed E-state index contributed by atoms with van der Waals surface area (Å²) in [5, 5.41) is 0. The topological polar surface area (TPSA) is 60.4 Å². The van der Waals surface area contributed by atoms with Crippen LogP contribution in [-0.4, -0.2) is 12.2 Å². The van der Waals surface area contributed by atoms with E-state index in [1.165, 1.54) is 12.8 Å². The van der Waals surface area contributed by atoms with E-state index in [0.717, 1.165) is 24.5 Å². The van der Waals surface area contributed by atoms with E-state index >= 15 is 0 Å². The van der Waals surface area contributed by atoms with E-state index in [1.807, 2.05) is 19.1 Å². The van der Waals surface area contributed by atoms with E-state index in [4.69, 9.17) is 15.0 Å². The van der Waals surface area contributed by atoms with Gasteiger partial charge in [0.1, 0.15) is 11.8 Å². The van der Waals surface area contributed by atoms with E-state index < -0.39 is 0 Å². The van der Waals surface area contributed by atoms with Crippen LogP contribution in [0.5, 0.6) is 0 Å². The summed E-state index contributed by atoms with van der Waals surface area (Å²) in [5.41, 5.74) is 2.67. The first-order valence-electron chi connectivity index (χ1n) is 6.85. The minimum Gasteiger partial charge on any atom is -0.468 e. The summed E-state index contributed by atoms with van der Waals surface area (Å²) in [6.45, 7) is 5.04. The fraction of sp³-hybridized carbons (Fsp3) is 0.714. The van der Waals surface area contributed by atoms with Crippen LogP contribution in [0, 0.1) is 5.92 Å². The number of hydrogen-bond acceptors (Lipinski definition) is 4. The maximum absolute atomic E-state index is 6.09. The summed E-state index contributed by atoms with van der Waals surface area (Å²) in [5.74, 6) is 7.39. The molecule has 102 valence electrons. The Morgan fingerprint density at radius 1 is 1.56 bits per heavy atom. The molecule has 0 bridgehead atoms. The number of furan rings is 1. The molecule has 1 heterocycles. The lowest BCUT2D eigenvalue weighted by atomic mass is 9.74. The molecule has 1 saturated carbocycles. The Morgan fingerprint density at radius 3 is 2.78 bits per heavy atom. The average molecular weight is 252 g/mol. The van der Waals surface area contributed by atoms with Gasteiger partial charge in [-0.2, -0.15) is 0 Å². The summed E-state index contributed by atoms with van der Waals surface area (Å²) >= 11 is 0. The van der Waals surface area contributed by atoms with Crippen LogP contribution in [-0.2, 0) is 4.74 Å².